The predicted molar refractivity (Wildman–Crippen MR) is 174 cm³/mol. The first-order valence-corrected chi connectivity index (χ1v) is 14.5. The van der Waals surface area contributed by atoms with Crippen molar-refractivity contribution in [3.05, 3.63) is 146 Å². The van der Waals surface area contributed by atoms with Gasteiger partial charge in [-0.05, 0) is 79.5 Å². The van der Waals surface area contributed by atoms with Crippen molar-refractivity contribution in [1.82, 2.24) is 8.75 Å². The summed E-state index contributed by atoms with van der Waals surface area (Å²) >= 11 is 1.28. The van der Waals surface area contributed by atoms with E-state index in [0.717, 1.165) is 21.8 Å². The first-order valence-electron chi connectivity index (χ1n) is 13.8. The average molecular weight is 541 g/mol. The van der Waals surface area contributed by atoms with Crippen molar-refractivity contribution in [2.24, 2.45) is 0 Å². The van der Waals surface area contributed by atoms with E-state index < -0.39 is 0 Å². The van der Waals surface area contributed by atoms with E-state index in [9.17, 15) is 0 Å². The van der Waals surface area contributed by atoms with Gasteiger partial charge in [0.15, 0.2) is 0 Å². The molecule has 8 aromatic rings. The van der Waals surface area contributed by atoms with E-state index in [1.54, 1.807) is 0 Å². The molecule has 0 saturated heterocycles. The zero-order chi connectivity index (χ0) is 27.2. The molecule has 0 amide bonds. The second-order valence-corrected chi connectivity index (χ2v) is 10.9. The van der Waals surface area contributed by atoms with Gasteiger partial charge in [0, 0.05) is 10.8 Å². The summed E-state index contributed by atoms with van der Waals surface area (Å²) < 4.78 is 9.33. The molecule has 0 spiro atoms. The van der Waals surface area contributed by atoms with Crippen LogP contribution in [0.5, 0.6) is 0 Å². The summed E-state index contributed by atoms with van der Waals surface area (Å²) in [5.41, 5.74) is 11.6. The lowest BCUT2D eigenvalue weighted by atomic mass is 9.93. The third kappa shape index (κ3) is 4.19. The summed E-state index contributed by atoms with van der Waals surface area (Å²) in [6, 6.07) is 52.2. The Kier molecular flexibility index (Phi) is 5.68. The van der Waals surface area contributed by atoms with Crippen LogP contribution in [0.3, 0.4) is 0 Å². The van der Waals surface area contributed by atoms with Gasteiger partial charge < -0.3 is 0 Å². The first kappa shape index (κ1) is 23.7. The molecule has 2 nitrogen and oxygen atoms in total. The van der Waals surface area contributed by atoms with Crippen molar-refractivity contribution < 1.29 is 0 Å². The molecule has 0 aliphatic heterocycles. The number of nitrogens with zero attached hydrogens (tertiary/aromatic N) is 2. The summed E-state index contributed by atoms with van der Waals surface area (Å²) in [4.78, 5) is 0. The van der Waals surface area contributed by atoms with Crippen molar-refractivity contribution in [2.45, 2.75) is 0 Å². The second-order valence-electron chi connectivity index (χ2n) is 10.4. The van der Waals surface area contributed by atoms with Crippen LogP contribution < -0.4 is 0 Å². The quantitative estimate of drug-likeness (QED) is 0.208. The van der Waals surface area contributed by atoms with E-state index in [2.05, 4.69) is 150 Å². The molecule has 0 saturated carbocycles. The van der Waals surface area contributed by atoms with Crippen LogP contribution in [0.1, 0.15) is 0 Å². The van der Waals surface area contributed by atoms with E-state index in [0.29, 0.717) is 0 Å². The van der Waals surface area contributed by atoms with Crippen LogP contribution in [0.15, 0.2) is 146 Å². The lowest BCUT2D eigenvalue weighted by Gasteiger charge is -2.11. The Hall–Kier alpha value is -5.12. The van der Waals surface area contributed by atoms with Gasteiger partial charge in [0.05, 0.1) is 11.7 Å². The lowest BCUT2D eigenvalue weighted by Crippen LogP contribution is -1.86. The Bertz CT molecular complexity index is 2210. The highest BCUT2D eigenvalue weighted by molar-refractivity contribution is 7.00. The molecule has 0 N–H and O–H groups in total. The molecule has 3 heteroatoms. The highest BCUT2D eigenvalue weighted by Gasteiger charge is 2.13. The van der Waals surface area contributed by atoms with Gasteiger partial charge in [0.1, 0.15) is 11.0 Å². The van der Waals surface area contributed by atoms with E-state index in [4.69, 9.17) is 4.37 Å². The normalized spacial score (nSPS) is 11.4. The SMILES string of the molecule is c1ccc(-c2cccc(-c3cccc(-c4cccc(-c5ccc6c7ccccc7c7nsnc7c6c5)c4)c3)c2)cc1. The second kappa shape index (κ2) is 9.81. The summed E-state index contributed by atoms with van der Waals surface area (Å²) in [5.74, 6) is 0. The first-order chi connectivity index (χ1) is 20.3. The average Bonchev–Trinajstić information content (AvgIpc) is 3.56. The Morgan fingerprint density at radius 3 is 1.29 bits per heavy atom. The van der Waals surface area contributed by atoms with Gasteiger partial charge in [-0.1, -0.05) is 121 Å². The lowest BCUT2D eigenvalue weighted by molar-refractivity contribution is 1.57. The molecule has 0 unspecified atom stereocenters. The Morgan fingerprint density at radius 1 is 0.293 bits per heavy atom. The van der Waals surface area contributed by atoms with Gasteiger partial charge in [0.25, 0.3) is 0 Å². The molecular weight excluding hydrogens is 516 g/mol. The van der Waals surface area contributed by atoms with E-state index in [1.807, 2.05) is 0 Å². The molecule has 0 bridgehead atoms. The minimum Gasteiger partial charge on any atom is -0.172 e. The third-order valence-electron chi connectivity index (χ3n) is 7.93. The van der Waals surface area contributed by atoms with Gasteiger partial charge in [-0.3, -0.25) is 0 Å². The Morgan fingerprint density at radius 2 is 0.707 bits per heavy atom. The number of benzene rings is 7. The van der Waals surface area contributed by atoms with Gasteiger partial charge in [-0.25, -0.2) is 0 Å². The molecular formula is C38H24N2S. The zero-order valence-corrected chi connectivity index (χ0v) is 23.0. The van der Waals surface area contributed by atoms with E-state index in [-0.39, 0.29) is 0 Å². The van der Waals surface area contributed by atoms with Crippen molar-refractivity contribution in [3.8, 4) is 44.5 Å². The summed E-state index contributed by atoms with van der Waals surface area (Å²) in [6.07, 6.45) is 0. The molecule has 7 aromatic carbocycles. The molecule has 0 aliphatic rings. The van der Waals surface area contributed by atoms with E-state index >= 15 is 0 Å². The smallest absolute Gasteiger partial charge is 0.113 e. The van der Waals surface area contributed by atoms with Crippen molar-refractivity contribution >= 4 is 44.3 Å². The number of aromatic nitrogens is 2. The summed E-state index contributed by atoms with van der Waals surface area (Å²) in [6.45, 7) is 0. The highest BCUT2D eigenvalue weighted by atomic mass is 32.1. The molecule has 1 aromatic heterocycles. The van der Waals surface area contributed by atoms with Crippen molar-refractivity contribution in [2.75, 3.05) is 0 Å². The fraction of sp³-hybridized carbons (Fsp3) is 0. The highest BCUT2D eigenvalue weighted by Crippen LogP contribution is 2.37. The van der Waals surface area contributed by atoms with Crippen molar-refractivity contribution in [1.29, 1.82) is 0 Å². The van der Waals surface area contributed by atoms with Crippen LogP contribution in [0, 0.1) is 0 Å². The van der Waals surface area contributed by atoms with Crippen LogP contribution in [0.2, 0.25) is 0 Å². The number of hydrogen-bond acceptors (Lipinski definition) is 3. The fourth-order valence-corrected chi connectivity index (χ4v) is 6.46. The largest absolute Gasteiger partial charge is 0.172 e. The Labute approximate surface area is 242 Å². The monoisotopic (exact) mass is 540 g/mol. The summed E-state index contributed by atoms with van der Waals surface area (Å²) in [5, 5.41) is 4.74. The van der Waals surface area contributed by atoms with Gasteiger partial charge in [-0.15, -0.1) is 0 Å². The maximum Gasteiger partial charge on any atom is 0.113 e. The van der Waals surface area contributed by atoms with Gasteiger partial charge >= 0.3 is 0 Å². The van der Waals surface area contributed by atoms with Crippen LogP contribution in [-0.2, 0) is 0 Å². The van der Waals surface area contributed by atoms with Crippen LogP contribution >= 0.6 is 11.7 Å². The number of hydrogen-bond donors (Lipinski definition) is 0. The third-order valence-corrected chi connectivity index (χ3v) is 8.46. The summed E-state index contributed by atoms with van der Waals surface area (Å²) in [7, 11) is 0. The fourth-order valence-electron chi connectivity index (χ4n) is 5.89. The molecule has 0 fully saturated rings. The molecule has 192 valence electrons. The standard InChI is InChI=1S/C38H24N2S/c1-2-9-25(10-3-1)26-11-6-12-27(21-26)28-13-7-14-29(22-28)30-15-8-16-31(23-30)32-19-20-34-33-17-4-5-18-35(33)37-38(36(34)24-32)40-41-39-37/h1-24H. The van der Waals surface area contributed by atoms with E-state index in [1.165, 1.54) is 67.0 Å². The predicted octanol–water partition coefficient (Wildman–Crippen LogP) is 10.7. The minimum absolute atomic E-state index is 0.979. The maximum absolute atomic E-state index is 4.69. The van der Waals surface area contributed by atoms with Crippen LogP contribution in [0.25, 0.3) is 77.1 Å². The molecule has 8 rings (SSSR count). The molecule has 0 radical (unpaired) electrons. The van der Waals surface area contributed by atoms with Crippen LogP contribution in [-0.4, -0.2) is 8.75 Å². The van der Waals surface area contributed by atoms with Crippen LogP contribution in [0.4, 0.5) is 0 Å². The van der Waals surface area contributed by atoms with Gasteiger partial charge in [0.2, 0.25) is 0 Å². The molecule has 1 heterocycles. The maximum atomic E-state index is 4.69. The van der Waals surface area contributed by atoms with Crippen molar-refractivity contribution in [3.63, 3.8) is 0 Å². The number of rotatable bonds is 4. The zero-order valence-electron chi connectivity index (χ0n) is 22.2. The Balaban J connectivity index is 1.20. The number of fused-ring (bicyclic) bond motifs is 6. The topological polar surface area (TPSA) is 25.8 Å². The molecule has 0 aliphatic carbocycles. The minimum atomic E-state index is 0.979. The van der Waals surface area contributed by atoms with Gasteiger partial charge in [-0.2, -0.15) is 8.75 Å². The molecule has 41 heavy (non-hydrogen) atoms. The molecule has 0 atom stereocenters.